The van der Waals surface area contributed by atoms with Gasteiger partial charge in [0.15, 0.2) is 0 Å². The van der Waals surface area contributed by atoms with Crippen LogP contribution in [0, 0.1) is 11.3 Å². The van der Waals surface area contributed by atoms with Gasteiger partial charge < -0.3 is 9.30 Å². The van der Waals surface area contributed by atoms with Gasteiger partial charge in [0.25, 0.3) is 5.56 Å². The van der Waals surface area contributed by atoms with Crippen molar-refractivity contribution in [3.8, 4) is 17.7 Å². The number of pyridine rings is 1. The number of nitriles is 1. The molecule has 3 aromatic rings. The number of fused-ring (bicyclic) bond motifs is 1. The van der Waals surface area contributed by atoms with Gasteiger partial charge in [-0.05, 0) is 30.7 Å². The van der Waals surface area contributed by atoms with Crippen LogP contribution in [0.25, 0.3) is 10.9 Å². The monoisotopic (exact) mass is 444 g/mol. The summed E-state index contributed by atoms with van der Waals surface area (Å²) >= 11 is 0. The van der Waals surface area contributed by atoms with Gasteiger partial charge in [-0.15, -0.1) is 0 Å². The molecule has 4 rings (SSSR count). The fourth-order valence-electron chi connectivity index (χ4n) is 3.19. The van der Waals surface area contributed by atoms with Crippen LogP contribution in [0.1, 0.15) is 12.0 Å². The number of hydrogen-bond donors (Lipinski definition) is 1. The first-order valence-corrected chi connectivity index (χ1v) is 10.7. The fourth-order valence-corrected chi connectivity index (χ4v) is 4.47. The number of aryl methyl sites for hydroxylation is 1. The van der Waals surface area contributed by atoms with E-state index in [0.717, 1.165) is 4.31 Å². The maximum absolute atomic E-state index is 13.4. The molecule has 1 aliphatic rings. The second-order valence-corrected chi connectivity index (χ2v) is 8.61. The van der Waals surface area contributed by atoms with Crippen molar-refractivity contribution >= 4 is 26.8 Å². The summed E-state index contributed by atoms with van der Waals surface area (Å²) in [5, 5.41) is 9.90. The van der Waals surface area contributed by atoms with Gasteiger partial charge in [-0.3, -0.25) is 9.52 Å². The number of ether oxygens (including phenoxy) is 1. The lowest BCUT2D eigenvalue weighted by molar-refractivity contribution is 0.343. The van der Waals surface area contributed by atoms with Crippen molar-refractivity contribution in [2.24, 2.45) is 7.05 Å². The van der Waals surface area contributed by atoms with Gasteiger partial charge in [-0.2, -0.15) is 18.0 Å². The van der Waals surface area contributed by atoms with Gasteiger partial charge in [-0.1, -0.05) is 0 Å². The van der Waals surface area contributed by atoms with Crippen molar-refractivity contribution in [2.75, 3.05) is 17.8 Å². The van der Waals surface area contributed by atoms with Crippen LogP contribution in [0.15, 0.2) is 41.6 Å². The summed E-state index contributed by atoms with van der Waals surface area (Å²) in [5.74, 6) is 0.0778. The molecule has 1 unspecified atom stereocenters. The number of nitrogens with one attached hydrogen (secondary N) is 1. The van der Waals surface area contributed by atoms with E-state index in [1.807, 2.05) is 6.07 Å². The third-order valence-electron chi connectivity index (χ3n) is 4.80. The van der Waals surface area contributed by atoms with E-state index in [-0.39, 0.29) is 47.9 Å². The molecule has 2 aromatic heterocycles. The number of nitrogens with zero attached hydrogens (tertiary/aromatic N) is 5. The lowest BCUT2D eigenvalue weighted by Gasteiger charge is -2.18. The molecule has 10 nitrogen and oxygen atoms in total. The molecule has 3 heterocycles. The second-order valence-electron chi connectivity index (χ2n) is 6.94. The minimum Gasteiger partial charge on any atom is -0.438 e. The molecule has 0 saturated carbocycles. The Morgan fingerprint density at radius 1 is 1.32 bits per heavy atom. The zero-order valence-electron chi connectivity index (χ0n) is 16.3. The molecule has 1 N–H and O–H groups in total. The summed E-state index contributed by atoms with van der Waals surface area (Å²) in [7, 11) is -2.48. The van der Waals surface area contributed by atoms with Crippen molar-refractivity contribution in [1.29, 1.82) is 5.26 Å². The number of anilines is 1. The van der Waals surface area contributed by atoms with E-state index in [2.05, 4.69) is 14.7 Å². The molecule has 31 heavy (non-hydrogen) atoms. The predicted molar refractivity (Wildman–Crippen MR) is 110 cm³/mol. The van der Waals surface area contributed by atoms with Crippen molar-refractivity contribution < 1.29 is 17.5 Å². The Kier molecular flexibility index (Phi) is 5.30. The molecular weight excluding hydrogens is 427 g/mol. The highest BCUT2D eigenvalue weighted by Crippen LogP contribution is 2.30. The summed E-state index contributed by atoms with van der Waals surface area (Å²) in [4.78, 5) is 20.5. The number of benzene rings is 1. The Balaban J connectivity index is 1.66. The Labute approximate surface area is 176 Å². The maximum Gasteiger partial charge on any atom is 0.301 e. The Morgan fingerprint density at radius 2 is 2.13 bits per heavy atom. The Bertz CT molecular complexity index is 1370. The molecular formula is C19H17FN6O4S. The highest BCUT2D eigenvalue weighted by Gasteiger charge is 2.32. The Morgan fingerprint density at radius 3 is 2.84 bits per heavy atom. The topological polar surface area (TPSA) is 130 Å². The molecule has 1 saturated heterocycles. The van der Waals surface area contributed by atoms with Crippen LogP contribution in [0.4, 0.5) is 10.1 Å². The van der Waals surface area contributed by atoms with Crippen molar-refractivity contribution in [2.45, 2.75) is 12.6 Å². The number of rotatable bonds is 5. The molecule has 0 spiro atoms. The van der Waals surface area contributed by atoms with Crippen molar-refractivity contribution in [3.63, 3.8) is 0 Å². The van der Waals surface area contributed by atoms with Crippen LogP contribution in [-0.2, 0) is 17.3 Å². The van der Waals surface area contributed by atoms with E-state index in [4.69, 9.17) is 4.74 Å². The summed E-state index contributed by atoms with van der Waals surface area (Å²) in [6, 6.07) is 7.80. The quantitative estimate of drug-likeness (QED) is 0.634. The lowest BCUT2D eigenvalue weighted by atomic mass is 10.2. The highest BCUT2D eigenvalue weighted by atomic mass is 32.2. The lowest BCUT2D eigenvalue weighted by Crippen LogP contribution is -2.34. The average molecular weight is 444 g/mol. The Hall–Kier alpha value is -3.56. The molecule has 0 amide bonds. The van der Waals surface area contributed by atoms with E-state index >= 15 is 0 Å². The largest absolute Gasteiger partial charge is 0.438 e. The van der Waals surface area contributed by atoms with Crippen LogP contribution in [-0.4, -0.2) is 46.5 Å². The third-order valence-corrected chi connectivity index (χ3v) is 6.29. The van der Waals surface area contributed by atoms with E-state index in [9.17, 15) is 22.9 Å². The van der Waals surface area contributed by atoms with Crippen LogP contribution < -0.4 is 15.0 Å². The molecule has 1 atom stereocenters. The summed E-state index contributed by atoms with van der Waals surface area (Å²) in [5.41, 5.74) is -0.00107. The van der Waals surface area contributed by atoms with Crippen LogP contribution in [0.2, 0.25) is 0 Å². The zero-order chi connectivity index (χ0) is 22.2. The smallest absolute Gasteiger partial charge is 0.301 e. The normalized spacial score (nSPS) is 16.9. The van der Waals surface area contributed by atoms with Crippen molar-refractivity contribution in [3.05, 3.63) is 52.7 Å². The van der Waals surface area contributed by atoms with Gasteiger partial charge in [-0.25, -0.2) is 14.4 Å². The first-order chi connectivity index (χ1) is 14.8. The first kappa shape index (κ1) is 20.7. The van der Waals surface area contributed by atoms with Gasteiger partial charge >= 0.3 is 10.2 Å². The molecule has 0 radical (unpaired) electrons. The van der Waals surface area contributed by atoms with E-state index in [1.165, 1.54) is 29.2 Å². The van der Waals surface area contributed by atoms with Gasteiger partial charge in [0, 0.05) is 26.3 Å². The molecule has 1 aliphatic heterocycles. The summed E-state index contributed by atoms with van der Waals surface area (Å²) < 4.78 is 48.8. The van der Waals surface area contributed by atoms with Crippen LogP contribution in [0.5, 0.6) is 11.6 Å². The molecule has 12 heteroatoms. The van der Waals surface area contributed by atoms with Crippen molar-refractivity contribution in [1.82, 2.24) is 18.8 Å². The third kappa shape index (κ3) is 4.05. The van der Waals surface area contributed by atoms with E-state index < -0.39 is 16.4 Å². The van der Waals surface area contributed by atoms with Crippen LogP contribution in [0.3, 0.4) is 0 Å². The molecule has 1 fully saturated rings. The SMILES string of the molecule is Cn1cnc2ccc(Oc3nccc(NS(=O)(=O)N4CCC(F)C4)c3C#N)cc2c1=O. The van der Waals surface area contributed by atoms with Gasteiger partial charge in [0.2, 0.25) is 5.88 Å². The standard InChI is InChI=1S/C19H17FN6O4S/c1-25-11-23-16-3-2-13(8-14(16)19(25)27)30-18-15(9-21)17(4-6-22-18)24-31(28,29)26-7-5-12(20)10-26/h2-4,6,8,11-12H,5,7,10H2,1H3,(H,22,24). The fraction of sp³-hybridized carbons (Fsp3) is 0.263. The molecule has 160 valence electrons. The number of aromatic nitrogens is 3. The highest BCUT2D eigenvalue weighted by molar-refractivity contribution is 7.90. The van der Waals surface area contributed by atoms with E-state index in [1.54, 1.807) is 19.2 Å². The number of halogens is 1. The minimum atomic E-state index is -4.05. The maximum atomic E-state index is 13.4. The average Bonchev–Trinajstić information content (AvgIpc) is 3.18. The van der Waals surface area contributed by atoms with E-state index in [0.29, 0.717) is 10.9 Å². The number of hydrogen-bond acceptors (Lipinski definition) is 7. The molecule has 0 aliphatic carbocycles. The first-order valence-electron chi connectivity index (χ1n) is 9.23. The van der Waals surface area contributed by atoms with Gasteiger partial charge in [0.05, 0.1) is 22.9 Å². The van der Waals surface area contributed by atoms with Crippen LogP contribution >= 0.6 is 0 Å². The second kappa shape index (κ2) is 7.93. The summed E-state index contributed by atoms with van der Waals surface area (Å²) in [6.07, 6.45) is 1.57. The zero-order valence-corrected chi connectivity index (χ0v) is 17.1. The molecule has 1 aromatic carbocycles. The minimum absolute atomic E-state index is 0.0480. The predicted octanol–water partition coefficient (Wildman–Crippen LogP) is 1.69. The van der Waals surface area contributed by atoms with Gasteiger partial charge in [0.1, 0.15) is 23.6 Å². The summed E-state index contributed by atoms with van der Waals surface area (Å²) in [6.45, 7) is -0.196. The molecule has 0 bridgehead atoms. The number of alkyl halides is 1.